The molecular formula is C27H21IN4O3. The maximum absolute atomic E-state index is 13.6. The molecule has 1 aliphatic heterocycles. The fourth-order valence-electron chi connectivity index (χ4n) is 3.86. The molecular weight excluding hydrogens is 555 g/mol. The zero-order valence-corrected chi connectivity index (χ0v) is 20.7. The minimum absolute atomic E-state index is 0.317. The van der Waals surface area contributed by atoms with Crippen LogP contribution in [-0.4, -0.2) is 21.8 Å². The monoisotopic (exact) mass is 576 g/mol. The molecule has 1 aliphatic rings. The lowest BCUT2D eigenvalue weighted by molar-refractivity contribution is 0.0487. The molecule has 1 aromatic heterocycles. The van der Waals surface area contributed by atoms with Crippen molar-refractivity contribution in [3.8, 4) is 5.75 Å². The third kappa shape index (κ3) is 4.97. The Balaban J connectivity index is 1.51. The average Bonchev–Trinajstić information content (AvgIpc) is 2.90. The van der Waals surface area contributed by atoms with Crippen LogP contribution in [0.1, 0.15) is 38.0 Å². The summed E-state index contributed by atoms with van der Waals surface area (Å²) in [5.41, 5.74) is 6.10. The number of halogens is 1. The van der Waals surface area contributed by atoms with E-state index >= 15 is 0 Å². The first-order chi connectivity index (χ1) is 17.1. The number of carbonyl (C=O) groups is 2. The normalized spacial score (nSPS) is 14.6. The molecule has 0 aliphatic carbocycles. The van der Waals surface area contributed by atoms with Crippen LogP contribution in [-0.2, 0) is 6.61 Å². The van der Waals surface area contributed by atoms with Crippen LogP contribution in [0.15, 0.2) is 97.3 Å². The Morgan fingerprint density at radius 1 is 1.00 bits per heavy atom. The van der Waals surface area contributed by atoms with Gasteiger partial charge in [0.05, 0.1) is 5.56 Å². The summed E-state index contributed by atoms with van der Waals surface area (Å²) >= 11 is 2.16. The number of anilines is 1. The highest BCUT2D eigenvalue weighted by atomic mass is 127. The summed E-state index contributed by atoms with van der Waals surface area (Å²) in [6.45, 7) is 0.372. The molecule has 1 atom stereocenters. The number of nitrogens with one attached hydrogen (secondary N) is 2. The fraction of sp³-hybridized carbons (Fsp3) is 0.0741. The topological polar surface area (TPSA) is 83.6 Å². The molecule has 0 unspecified atom stereocenters. The Bertz CT molecular complexity index is 1370. The molecule has 0 radical (unpaired) electrons. The van der Waals surface area contributed by atoms with Gasteiger partial charge < -0.3 is 10.1 Å². The number of ether oxygens (including phenoxy) is 1. The van der Waals surface area contributed by atoms with E-state index in [2.05, 4.69) is 38.3 Å². The molecule has 5 rings (SSSR count). The molecule has 0 bridgehead atoms. The number of nitrogens with zero attached hydrogens (tertiary/aromatic N) is 2. The largest absolute Gasteiger partial charge is 0.488 e. The van der Waals surface area contributed by atoms with Crippen molar-refractivity contribution in [1.82, 2.24) is 15.4 Å². The highest BCUT2D eigenvalue weighted by molar-refractivity contribution is 14.1. The van der Waals surface area contributed by atoms with E-state index in [4.69, 9.17) is 4.74 Å². The lowest BCUT2D eigenvalue weighted by atomic mass is 10.0. The molecule has 8 heteroatoms. The summed E-state index contributed by atoms with van der Waals surface area (Å²) in [5, 5.41) is 4.74. The number of hydrogen-bond donors (Lipinski definition) is 2. The molecule has 0 fully saturated rings. The summed E-state index contributed by atoms with van der Waals surface area (Å²) in [5.74, 6) is -0.120. The van der Waals surface area contributed by atoms with Crippen molar-refractivity contribution in [3.05, 3.63) is 123 Å². The number of rotatable bonds is 6. The van der Waals surface area contributed by atoms with Crippen LogP contribution in [0.25, 0.3) is 0 Å². The molecule has 174 valence electrons. The number of pyridine rings is 1. The van der Waals surface area contributed by atoms with Crippen molar-refractivity contribution in [2.45, 2.75) is 12.8 Å². The zero-order valence-electron chi connectivity index (χ0n) is 18.5. The maximum atomic E-state index is 13.6. The van der Waals surface area contributed by atoms with Gasteiger partial charge in [0, 0.05) is 32.8 Å². The molecule has 4 aromatic rings. The number of benzene rings is 3. The lowest BCUT2D eigenvalue weighted by Crippen LogP contribution is -2.53. The minimum atomic E-state index is -0.687. The van der Waals surface area contributed by atoms with E-state index in [9.17, 15) is 9.59 Å². The van der Waals surface area contributed by atoms with Gasteiger partial charge in [-0.2, -0.15) is 0 Å². The van der Waals surface area contributed by atoms with E-state index in [0.717, 1.165) is 14.7 Å². The Kier molecular flexibility index (Phi) is 6.62. The first-order valence-corrected chi connectivity index (χ1v) is 12.0. The Morgan fingerprint density at radius 2 is 1.74 bits per heavy atom. The van der Waals surface area contributed by atoms with Crippen LogP contribution in [0, 0.1) is 3.57 Å². The van der Waals surface area contributed by atoms with E-state index in [1.54, 1.807) is 18.2 Å². The predicted molar refractivity (Wildman–Crippen MR) is 141 cm³/mol. The number of aromatic nitrogens is 1. The molecule has 7 nitrogen and oxygen atoms in total. The van der Waals surface area contributed by atoms with E-state index in [1.807, 2.05) is 66.7 Å². The van der Waals surface area contributed by atoms with Gasteiger partial charge in [-0.1, -0.05) is 48.5 Å². The highest BCUT2D eigenvalue weighted by Crippen LogP contribution is 2.36. The van der Waals surface area contributed by atoms with Crippen LogP contribution in [0.2, 0.25) is 0 Å². The average molecular weight is 576 g/mol. The summed E-state index contributed by atoms with van der Waals surface area (Å²) in [6.07, 6.45) is 2.38. The number of para-hydroxylation sites is 1. The Hall–Kier alpha value is -3.92. The number of fused-ring (bicyclic) bond motifs is 1. The summed E-state index contributed by atoms with van der Waals surface area (Å²) in [6, 6.07) is 26.1. The van der Waals surface area contributed by atoms with Gasteiger partial charge >= 0.3 is 0 Å². The van der Waals surface area contributed by atoms with E-state index in [1.165, 1.54) is 17.4 Å². The first-order valence-electron chi connectivity index (χ1n) is 11.0. The van der Waals surface area contributed by atoms with Gasteiger partial charge in [-0.25, -0.2) is 5.01 Å². The smallest absolute Gasteiger partial charge is 0.276 e. The van der Waals surface area contributed by atoms with Crippen molar-refractivity contribution in [1.29, 1.82) is 0 Å². The second kappa shape index (κ2) is 10.1. The first kappa shape index (κ1) is 22.9. The standard InChI is InChI=1S/C27H21IN4O3/c28-20-10-11-23-22(16-20)27(34)32(31-26(33)19-12-14-29-15-13-19)25(30-23)21-8-4-5-9-24(21)35-17-18-6-2-1-3-7-18/h1-16,25,30H,17H2,(H,31,33)/t25-/m0/s1. The van der Waals surface area contributed by atoms with Gasteiger partial charge in [0.2, 0.25) is 0 Å². The zero-order chi connectivity index (χ0) is 24.2. The minimum Gasteiger partial charge on any atom is -0.488 e. The van der Waals surface area contributed by atoms with Crippen LogP contribution in [0.5, 0.6) is 5.75 Å². The van der Waals surface area contributed by atoms with Crippen molar-refractivity contribution < 1.29 is 14.3 Å². The summed E-state index contributed by atoms with van der Waals surface area (Å²) in [4.78, 5) is 30.6. The Morgan fingerprint density at radius 3 is 2.54 bits per heavy atom. The van der Waals surface area contributed by atoms with E-state index < -0.39 is 12.1 Å². The van der Waals surface area contributed by atoms with Crippen molar-refractivity contribution in [2.75, 3.05) is 5.32 Å². The number of amides is 2. The third-order valence-corrected chi connectivity index (χ3v) is 6.27. The summed E-state index contributed by atoms with van der Waals surface area (Å²) < 4.78 is 7.08. The van der Waals surface area contributed by atoms with Gasteiger partial charge in [-0.15, -0.1) is 0 Å². The van der Waals surface area contributed by atoms with Crippen molar-refractivity contribution >= 4 is 40.1 Å². The van der Waals surface area contributed by atoms with Gasteiger partial charge in [-0.3, -0.25) is 20.0 Å². The van der Waals surface area contributed by atoms with Crippen LogP contribution in [0.3, 0.4) is 0 Å². The maximum Gasteiger partial charge on any atom is 0.276 e. The SMILES string of the molecule is O=C(NN1C(=O)c2cc(I)ccc2N[C@@H]1c1ccccc1OCc1ccccc1)c1ccncc1. The molecule has 2 heterocycles. The van der Waals surface area contributed by atoms with Gasteiger partial charge in [0.1, 0.15) is 12.4 Å². The quantitative estimate of drug-likeness (QED) is 0.310. The molecule has 3 aromatic carbocycles. The second-order valence-corrected chi connectivity index (χ2v) is 9.15. The van der Waals surface area contributed by atoms with Crippen molar-refractivity contribution in [2.24, 2.45) is 0 Å². The molecule has 0 spiro atoms. The predicted octanol–water partition coefficient (Wildman–Crippen LogP) is 5.18. The van der Waals surface area contributed by atoms with Crippen molar-refractivity contribution in [3.63, 3.8) is 0 Å². The van der Waals surface area contributed by atoms with Gasteiger partial charge in [0.15, 0.2) is 6.17 Å². The second-order valence-electron chi connectivity index (χ2n) is 7.90. The van der Waals surface area contributed by atoms with Crippen LogP contribution >= 0.6 is 22.6 Å². The molecule has 35 heavy (non-hydrogen) atoms. The van der Waals surface area contributed by atoms with E-state index in [-0.39, 0.29) is 5.91 Å². The Labute approximate surface area is 216 Å². The van der Waals surface area contributed by atoms with Gasteiger partial charge in [0.25, 0.3) is 11.8 Å². The fourth-order valence-corrected chi connectivity index (χ4v) is 4.35. The van der Waals surface area contributed by atoms with E-state index in [0.29, 0.717) is 29.2 Å². The number of carbonyl (C=O) groups excluding carboxylic acids is 2. The summed E-state index contributed by atoms with van der Waals surface area (Å²) in [7, 11) is 0. The third-order valence-electron chi connectivity index (χ3n) is 5.60. The van der Waals surface area contributed by atoms with Gasteiger partial charge in [-0.05, 0) is 64.6 Å². The van der Waals surface area contributed by atoms with Crippen LogP contribution < -0.4 is 15.5 Å². The van der Waals surface area contributed by atoms with Crippen LogP contribution in [0.4, 0.5) is 5.69 Å². The highest BCUT2D eigenvalue weighted by Gasteiger charge is 2.36. The molecule has 2 N–H and O–H groups in total. The number of hydrogen-bond acceptors (Lipinski definition) is 5. The molecule has 0 saturated carbocycles. The number of hydrazine groups is 1. The lowest BCUT2D eigenvalue weighted by Gasteiger charge is -2.38. The molecule has 0 saturated heterocycles. The molecule has 2 amide bonds.